The largest absolute Gasteiger partial charge is 0.317 e. The highest BCUT2D eigenvalue weighted by Crippen LogP contribution is 2.50. The molecule has 0 radical (unpaired) electrons. The Morgan fingerprint density at radius 1 is 1.10 bits per heavy atom. The van der Waals surface area contributed by atoms with Crippen LogP contribution >= 0.6 is 0 Å². The van der Waals surface area contributed by atoms with E-state index in [1.807, 2.05) is 0 Å². The molecule has 0 amide bonds. The number of nitrogens with one attached hydrogen (secondary N) is 1. The van der Waals surface area contributed by atoms with Gasteiger partial charge < -0.3 is 5.32 Å². The predicted molar refractivity (Wildman–Crippen MR) is 88.4 cm³/mol. The second-order valence-corrected chi connectivity index (χ2v) is 7.84. The third kappa shape index (κ3) is 2.65. The molecule has 3 aliphatic rings. The maximum Gasteiger partial charge on any atom is 0.00983 e. The van der Waals surface area contributed by atoms with Crippen LogP contribution in [0.3, 0.4) is 0 Å². The molecule has 0 aliphatic heterocycles. The summed E-state index contributed by atoms with van der Waals surface area (Å²) in [5, 5.41) is 3.69. The number of benzene rings is 1. The Kier molecular flexibility index (Phi) is 3.79. The average Bonchev–Trinajstić information content (AvgIpc) is 3.15. The third-order valence-electron chi connectivity index (χ3n) is 6.77. The van der Waals surface area contributed by atoms with Gasteiger partial charge in [0.05, 0.1) is 0 Å². The van der Waals surface area contributed by atoms with Crippen molar-refractivity contribution in [3.63, 3.8) is 0 Å². The number of hydrogen-bond acceptors (Lipinski definition) is 1. The van der Waals surface area contributed by atoms with Gasteiger partial charge in [-0.05, 0) is 86.8 Å². The van der Waals surface area contributed by atoms with Crippen LogP contribution in [0.15, 0.2) is 24.3 Å². The van der Waals surface area contributed by atoms with Crippen molar-refractivity contribution in [3.05, 3.63) is 35.4 Å². The lowest BCUT2D eigenvalue weighted by molar-refractivity contribution is 0.231. The van der Waals surface area contributed by atoms with Gasteiger partial charge in [0, 0.05) is 6.04 Å². The Hall–Kier alpha value is -0.820. The second-order valence-electron chi connectivity index (χ2n) is 7.84. The van der Waals surface area contributed by atoms with Crippen molar-refractivity contribution in [2.45, 2.75) is 57.4 Å². The van der Waals surface area contributed by atoms with Crippen LogP contribution in [0.2, 0.25) is 0 Å². The molecule has 3 aliphatic carbocycles. The Labute approximate surface area is 129 Å². The number of aryl methyl sites for hydroxylation is 1. The molecule has 0 heterocycles. The highest BCUT2D eigenvalue weighted by atomic mass is 14.9. The first-order valence-corrected chi connectivity index (χ1v) is 9.07. The molecular weight excluding hydrogens is 254 g/mol. The Balaban J connectivity index is 1.42. The van der Waals surface area contributed by atoms with Crippen LogP contribution in [0.25, 0.3) is 0 Å². The van der Waals surface area contributed by atoms with E-state index in [1.165, 1.54) is 44.9 Å². The zero-order valence-electron chi connectivity index (χ0n) is 13.4. The minimum absolute atomic E-state index is 0.739. The monoisotopic (exact) mass is 283 g/mol. The highest BCUT2D eigenvalue weighted by Gasteiger charge is 2.41. The smallest absolute Gasteiger partial charge is 0.00983 e. The fourth-order valence-electron chi connectivity index (χ4n) is 5.61. The van der Waals surface area contributed by atoms with E-state index in [1.54, 1.807) is 17.5 Å². The van der Waals surface area contributed by atoms with Crippen molar-refractivity contribution < 1.29 is 0 Å². The van der Waals surface area contributed by atoms with Gasteiger partial charge in [-0.2, -0.15) is 0 Å². The Bertz CT molecular complexity index is 494. The molecule has 114 valence electrons. The molecule has 4 rings (SSSR count). The second kappa shape index (κ2) is 5.76. The summed E-state index contributed by atoms with van der Waals surface area (Å²) in [5.41, 5.74) is 3.21. The lowest BCUT2D eigenvalue weighted by Crippen LogP contribution is -2.39. The summed E-state index contributed by atoms with van der Waals surface area (Å²) in [6.07, 6.45) is 11.5. The van der Waals surface area contributed by atoms with E-state index in [2.05, 4.69) is 36.6 Å². The van der Waals surface area contributed by atoms with Crippen molar-refractivity contribution in [1.29, 1.82) is 0 Å². The lowest BCUT2D eigenvalue weighted by Gasteiger charge is -2.34. The standard InChI is InChI=1S/C20H29N/c1-21-20(13-19-11-14-6-7-17(19)10-14)18-9-8-15-4-2-3-5-16(15)12-18/h2-5,14,17-21H,6-13H2,1H3. The van der Waals surface area contributed by atoms with E-state index in [4.69, 9.17) is 0 Å². The van der Waals surface area contributed by atoms with Crippen molar-refractivity contribution >= 4 is 0 Å². The summed E-state index contributed by atoms with van der Waals surface area (Å²) in [7, 11) is 2.19. The average molecular weight is 283 g/mol. The molecule has 1 aromatic carbocycles. The van der Waals surface area contributed by atoms with Crippen molar-refractivity contribution in [2.24, 2.45) is 23.7 Å². The van der Waals surface area contributed by atoms with Gasteiger partial charge in [0.2, 0.25) is 0 Å². The number of hydrogen-bond donors (Lipinski definition) is 1. The molecule has 1 nitrogen and oxygen atoms in total. The van der Waals surface area contributed by atoms with Crippen LogP contribution in [0.1, 0.15) is 49.7 Å². The van der Waals surface area contributed by atoms with Gasteiger partial charge >= 0.3 is 0 Å². The Morgan fingerprint density at radius 3 is 2.67 bits per heavy atom. The first kappa shape index (κ1) is 13.8. The zero-order valence-corrected chi connectivity index (χ0v) is 13.4. The fraction of sp³-hybridized carbons (Fsp3) is 0.700. The molecule has 21 heavy (non-hydrogen) atoms. The van der Waals surface area contributed by atoms with Crippen LogP contribution < -0.4 is 5.32 Å². The summed E-state index contributed by atoms with van der Waals surface area (Å²) >= 11 is 0. The molecule has 0 saturated heterocycles. The van der Waals surface area contributed by atoms with Gasteiger partial charge in [0.15, 0.2) is 0 Å². The molecule has 0 spiro atoms. The molecule has 1 heteroatoms. The van der Waals surface area contributed by atoms with E-state index in [0.29, 0.717) is 0 Å². The summed E-state index contributed by atoms with van der Waals surface area (Å²) in [6.45, 7) is 0. The minimum Gasteiger partial charge on any atom is -0.317 e. The molecule has 5 atom stereocenters. The highest BCUT2D eigenvalue weighted by molar-refractivity contribution is 5.30. The van der Waals surface area contributed by atoms with E-state index in [9.17, 15) is 0 Å². The van der Waals surface area contributed by atoms with Gasteiger partial charge in [0.25, 0.3) is 0 Å². The molecule has 5 unspecified atom stereocenters. The van der Waals surface area contributed by atoms with Gasteiger partial charge in [-0.25, -0.2) is 0 Å². The number of rotatable bonds is 4. The van der Waals surface area contributed by atoms with Crippen LogP contribution in [0, 0.1) is 23.7 Å². The maximum atomic E-state index is 3.69. The molecule has 2 fully saturated rings. The van der Waals surface area contributed by atoms with Crippen LogP contribution in [-0.4, -0.2) is 13.1 Å². The summed E-state index contributed by atoms with van der Waals surface area (Å²) < 4.78 is 0. The quantitative estimate of drug-likeness (QED) is 0.873. The van der Waals surface area contributed by atoms with Gasteiger partial charge in [0.1, 0.15) is 0 Å². The van der Waals surface area contributed by atoms with Gasteiger partial charge in [-0.1, -0.05) is 30.7 Å². The summed E-state index contributed by atoms with van der Waals surface area (Å²) in [4.78, 5) is 0. The molecule has 1 aromatic rings. The topological polar surface area (TPSA) is 12.0 Å². The van der Waals surface area contributed by atoms with Gasteiger partial charge in [-0.3, -0.25) is 0 Å². The SMILES string of the molecule is CNC(CC1CC2CCC1C2)C1CCc2ccccc2C1. The zero-order chi connectivity index (χ0) is 14.2. The predicted octanol–water partition coefficient (Wildman–Crippen LogP) is 4.21. The molecule has 0 aromatic heterocycles. The summed E-state index contributed by atoms with van der Waals surface area (Å²) in [6, 6.07) is 9.83. The normalized spacial score (nSPS) is 35.7. The molecule has 1 N–H and O–H groups in total. The number of fused-ring (bicyclic) bond motifs is 3. The molecule has 2 bridgehead atoms. The van der Waals surface area contributed by atoms with Crippen LogP contribution in [-0.2, 0) is 12.8 Å². The third-order valence-corrected chi connectivity index (χ3v) is 6.77. The van der Waals surface area contributed by atoms with Crippen LogP contribution in [0.4, 0.5) is 0 Å². The van der Waals surface area contributed by atoms with Crippen molar-refractivity contribution in [1.82, 2.24) is 5.32 Å². The van der Waals surface area contributed by atoms with E-state index in [-0.39, 0.29) is 0 Å². The van der Waals surface area contributed by atoms with E-state index >= 15 is 0 Å². The fourth-order valence-corrected chi connectivity index (χ4v) is 5.61. The Morgan fingerprint density at radius 2 is 1.95 bits per heavy atom. The van der Waals surface area contributed by atoms with Crippen LogP contribution in [0.5, 0.6) is 0 Å². The first-order chi connectivity index (χ1) is 10.3. The lowest BCUT2D eigenvalue weighted by atomic mass is 9.75. The molecular formula is C20H29N. The first-order valence-electron chi connectivity index (χ1n) is 9.07. The van der Waals surface area contributed by atoms with Crippen molar-refractivity contribution in [2.75, 3.05) is 7.05 Å². The summed E-state index contributed by atoms with van der Waals surface area (Å²) in [5.74, 6) is 4.04. The van der Waals surface area contributed by atoms with E-state index < -0.39 is 0 Å². The van der Waals surface area contributed by atoms with Gasteiger partial charge in [-0.15, -0.1) is 0 Å². The maximum absolute atomic E-state index is 3.69. The molecule has 2 saturated carbocycles. The van der Waals surface area contributed by atoms with E-state index in [0.717, 1.165) is 29.7 Å². The van der Waals surface area contributed by atoms with Crippen molar-refractivity contribution in [3.8, 4) is 0 Å². The minimum atomic E-state index is 0.739.